The van der Waals surface area contributed by atoms with Crippen molar-refractivity contribution in [1.29, 1.82) is 0 Å². The van der Waals surface area contributed by atoms with E-state index in [2.05, 4.69) is 26.8 Å². The highest BCUT2D eigenvalue weighted by molar-refractivity contribution is 6.03. The second-order valence-corrected chi connectivity index (χ2v) is 8.11. The predicted octanol–water partition coefficient (Wildman–Crippen LogP) is 4.77. The van der Waals surface area contributed by atoms with Gasteiger partial charge in [-0.05, 0) is 49.4 Å². The first-order chi connectivity index (χ1) is 17.1. The molecule has 170 valence electrons. The fraction of sp³-hybridized carbons (Fsp3) is 0.111. The summed E-state index contributed by atoms with van der Waals surface area (Å²) in [6.07, 6.45) is 4.59. The molecule has 1 fully saturated rings. The van der Waals surface area contributed by atoms with Gasteiger partial charge in [-0.1, -0.05) is 11.8 Å². The Hall–Kier alpha value is -4.77. The number of benzene rings is 2. The Bertz CT molecular complexity index is 1680. The number of aromatic nitrogens is 4. The summed E-state index contributed by atoms with van der Waals surface area (Å²) in [5.74, 6) is 6.48. The predicted molar refractivity (Wildman–Crippen MR) is 130 cm³/mol. The number of ether oxygens (including phenoxy) is 1. The third-order valence-electron chi connectivity index (χ3n) is 5.90. The van der Waals surface area contributed by atoms with E-state index in [1.807, 2.05) is 41.8 Å². The fourth-order valence-corrected chi connectivity index (χ4v) is 4.31. The zero-order chi connectivity index (χ0) is 23.9. The molecule has 0 aliphatic carbocycles. The first-order valence-electron chi connectivity index (χ1n) is 11.0. The fourth-order valence-electron chi connectivity index (χ4n) is 4.31. The monoisotopic (exact) mass is 463 g/mol. The standard InChI is InChI=1S/C27H18FN5O2/c1-17-31-24-16-30-23-8-6-18(4-5-19-3-2-10-29-15-19)13-21(23)26(24)33(17)20-7-9-25(22(28)14-20)32-11-12-35-27(32)34/h2-3,6-10,13-16H,11-12H2,1H3. The van der Waals surface area contributed by atoms with Crippen molar-refractivity contribution in [1.82, 2.24) is 19.5 Å². The lowest BCUT2D eigenvalue weighted by atomic mass is 10.1. The molecule has 7 nitrogen and oxygen atoms in total. The van der Waals surface area contributed by atoms with Gasteiger partial charge in [-0.25, -0.2) is 14.2 Å². The minimum atomic E-state index is -0.544. The minimum absolute atomic E-state index is 0.192. The van der Waals surface area contributed by atoms with Crippen molar-refractivity contribution < 1.29 is 13.9 Å². The summed E-state index contributed by atoms with van der Waals surface area (Å²) < 4.78 is 22.0. The zero-order valence-corrected chi connectivity index (χ0v) is 18.7. The number of hydrogen-bond acceptors (Lipinski definition) is 5. The van der Waals surface area contributed by atoms with Gasteiger partial charge in [-0.3, -0.25) is 19.4 Å². The molecule has 0 saturated carbocycles. The Balaban J connectivity index is 1.49. The van der Waals surface area contributed by atoms with Crippen LogP contribution in [0.3, 0.4) is 0 Å². The highest BCUT2D eigenvalue weighted by Crippen LogP contribution is 2.31. The first-order valence-corrected chi connectivity index (χ1v) is 11.0. The Morgan fingerprint density at radius 2 is 1.91 bits per heavy atom. The molecule has 6 rings (SSSR count). The van der Waals surface area contributed by atoms with E-state index in [0.717, 1.165) is 27.5 Å². The summed E-state index contributed by atoms with van der Waals surface area (Å²) >= 11 is 0. The second-order valence-electron chi connectivity index (χ2n) is 8.11. The number of halogens is 1. The number of anilines is 1. The molecule has 1 aliphatic heterocycles. The Kier molecular flexibility index (Phi) is 4.89. The molecule has 3 aromatic heterocycles. The third kappa shape index (κ3) is 3.63. The van der Waals surface area contributed by atoms with Crippen molar-refractivity contribution in [2.24, 2.45) is 0 Å². The Morgan fingerprint density at radius 3 is 2.69 bits per heavy atom. The smallest absolute Gasteiger partial charge is 0.414 e. The average Bonchev–Trinajstić information content (AvgIpc) is 3.45. The third-order valence-corrected chi connectivity index (χ3v) is 5.90. The summed E-state index contributed by atoms with van der Waals surface area (Å²) in [4.78, 5) is 26.5. The molecule has 0 atom stereocenters. The minimum Gasteiger partial charge on any atom is -0.447 e. The molecule has 0 spiro atoms. The molecular weight excluding hydrogens is 445 g/mol. The number of aryl methyl sites for hydroxylation is 1. The van der Waals surface area contributed by atoms with Crippen molar-refractivity contribution in [2.75, 3.05) is 18.1 Å². The van der Waals surface area contributed by atoms with Gasteiger partial charge in [-0.15, -0.1) is 0 Å². The molecule has 8 heteroatoms. The number of imidazole rings is 1. The summed E-state index contributed by atoms with van der Waals surface area (Å²) in [5.41, 5.74) is 4.71. The molecular formula is C27H18FN5O2. The summed E-state index contributed by atoms with van der Waals surface area (Å²) in [7, 11) is 0. The van der Waals surface area contributed by atoms with Crippen LogP contribution in [0.25, 0.3) is 27.6 Å². The van der Waals surface area contributed by atoms with Gasteiger partial charge in [0, 0.05) is 35.0 Å². The van der Waals surface area contributed by atoms with Crippen molar-refractivity contribution >= 4 is 33.7 Å². The Morgan fingerprint density at radius 1 is 1.03 bits per heavy atom. The average molecular weight is 463 g/mol. The first kappa shape index (κ1) is 20.8. The van der Waals surface area contributed by atoms with Crippen LogP contribution >= 0.6 is 0 Å². The van der Waals surface area contributed by atoms with Crippen LogP contribution in [-0.4, -0.2) is 38.8 Å². The number of amides is 1. The number of cyclic esters (lactones) is 1. The maximum Gasteiger partial charge on any atom is 0.414 e. The van der Waals surface area contributed by atoms with E-state index in [1.165, 1.54) is 11.0 Å². The van der Waals surface area contributed by atoms with Crippen molar-refractivity contribution in [3.63, 3.8) is 0 Å². The molecule has 0 bridgehead atoms. The summed E-state index contributed by atoms with van der Waals surface area (Å²) in [5, 5.41) is 0.855. The molecule has 0 radical (unpaired) electrons. The number of fused-ring (bicyclic) bond motifs is 3. The van der Waals surface area contributed by atoms with Crippen LogP contribution in [-0.2, 0) is 4.74 Å². The SMILES string of the molecule is Cc1nc2cnc3ccc(C#Cc4cccnc4)cc3c2n1-c1ccc(N2CCOC2=O)c(F)c1. The van der Waals surface area contributed by atoms with E-state index in [9.17, 15) is 4.79 Å². The van der Waals surface area contributed by atoms with E-state index in [0.29, 0.717) is 23.6 Å². The van der Waals surface area contributed by atoms with Crippen LogP contribution < -0.4 is 4.90 Å². The van der Waals surface area contributed by atoms with Crippen molar-refractivity contribution in [2.45, 2.75) is 6.92 Å². The highest BCUT2D eigenvalue weighted by atomic mass is 19.1. The lowest BCUT2D eigenvalue weighted by Gasteiger charge is -2.15. The van der Waals surface area contributed by atoms with Crippen LogP contribution in [0.15, 0.2) is 67.1 Å². The van der Waals surface area contributed by atoms with E-state index in [-0.39, 0.29) is 12.3 Å². The molecule has 35 heavy (non-hydrogen) atoms. The summed E-state index contributed by atoms with van der Waals surface area (Å²) in [6.45, 7) is 2.43. The molecule has 5 aromatic rings. The van der Waals surface area contributed by atoms with E-state index < -0.39 is 11.9 Å². The zero-order valence-electron chi connectivity index (χ0n) is 18.7. The highest BCUT2D eigenvalue weighted by Gasteiger charge is 2.26. The number of rotatable bonds is 2. The van der Waals surface area contributed by atoms with Gasteiger partial charge in [0.25, 0.3) is 0 Å². The van der Waals surface area contributed by atoms with Crippen molar-refractivity contribution in [3.8, 4) is 17.5 Å². The van der Waals surface area contributed by atoms with Gasteiger partial charge in [0.1, 0.15) is 23.8 Å². The maximum atomic E-state index is 15.1. The quantitative estimate of drug-likeness (QED) is 0.353. The van der Waals surface area contributed by atoms with Gasteiger partial charge in [0.2, 0.25) is 0 Å². The van der Waals surface area contributed by atoms with Crippen LogP contribution in [0, 0.1) is 24.6 Å². The van der Waals surface area contributed by atoms with E-state index >= 15 is 4.39 Å². The molecule has 4 heterocycles. The number of nitrogens with zero attached hydrogens (tertiary/aromatic N) is 5. The number of pyridine rings is 2. The van der Waals surface area contributed by atoms with E-state index in [1.54, 1.807) is 30.7 Å². The van der Waals surface area contributed by atoms with E-state index in [4.69, 9.17) is 4.74 Å². The van der Waals surface area contributed by atoms with Gasteiger partial charge in [0.15, 0.2) is 0 Å². The number of carbonyl (C=O) groups excluding carboxylic acids is 1. The molecule has 1 aliphatic rings. The topological polar surface area (TPSA) is 73.1 Å². The van der Waals surface area contributed by atoms with Gasteiger partial charge < -0.3 is 4.74 Å². The lowest BCUT2D eigenvalue weighted by molar-refractivity contribution is 0.181. The van der Waals surface area contributed by atoms with Gasteiger partial charge in [0.05, 0.1) is 35.1 Å². The second kappa shape index (κ2) is 8.22. The number of hydrogen-bond donors (Lipinski definition) is 0. The largest absolute Gasteiger partial charge is 0.447 e. The Labute approximate surface area is 199 Å². The van der Waals surface area contributed by atoms with Crippen LogP contribution in [0.2, 0.25) is 0 Å². The van der Waals surface area contributed by atoms with Crippen molar-refractivity contribution in [3.05, 3.63) is 89.9 Å². The molecule has 0 N–H and O–H groups in total. The van der Waals surface area contributed by atoms with Gasteiger partial charge >= 0.3 is 6.09 Å². The lowest BCUT2D eigenvalue weighted by Crippen LogP contribution is -2.24. The summed E-state index contributed by atoms with van der Waals surface area (Å²) in [6, 6.07) is 14.3. The van der Waals surface area contributed by atoms with Crippen LogP contribution in [0.1, 0.15) is 17.0 Å². The van der Waals surface area contributed by atoms with Crippen LogP contribution in [0.5, 0.6) is 0 Å². The van der Waals surface area contributed by atoms with Crippen LogP contribution in [0.4, 0.5) is 14.9 Å². The molecule has 1 saturated heterocycles. The molecule has 1 amide bonds. The normalized spacial score (nSPS) is 13.2. The number of carbonyl (C=O) groups is 1. The maximum absolute atomic E-state index is 15.1. The molecule has 2 aromatic carbocycles. The van der Waals surface area contributed by atoms with Gasteiger partial charge in [-0.2, -0.15) is 0 Å². The molecule has 0 unspecified atom stereocenters.